The highest BCUT2D eigenvalue weighted by Crippen LogP contribution is 2.29. The zero-order chi connectivity index (χ0) is 16.5. The fourth-order valence-corrected chi connectivity index (χ4v) is 2.96. The molecule has 0 atom stereocenters. The predicted octanol–water partition coefficient (Wildman–Crippen LogP) is 2.46. The molecule has 122 valence electrons. The zero-order valence-corrected chi connectivity index (χ0v) is 12.9. The van der Waals surface area contributed by atoms with Crippen LogP contribution < -0.4 is 4.90 Å². The standard InChI is InChI=1S/C17H16N4O3/c22-17(23)21-11-13(12-3-1-2-4-14(12)21)16-18-6-5-15(19-16)20-7-9-24-10-8-20/h1-6,11H,7-10H2,(H,22,23). The maximum absolute atomic E-state index is 11.5. The molecule has 4 rings (SSSR count). The van der Waals surface area contributed by atoms with Gasteiger partial charge in [0.15, 0.2) is 5.82 Å². The number of hydrogen-bond donors (Lipinski definition) is 1. The van der Waals surface area contributed by atoms with Crippen LogP contribution >= 0.6 is 0 Å². The van der Waals surface area contributed by atoms with E-state index in [1.165, 1.54) is 4.57 Å². The topological polar surface area (TPSA) is 80.5 Å². The minimum atomic E-state index is -1.03. The van der Waals surface area contributed by atoms with E-state index in [0.717, 1.165) is 24.3 Å². The zero-order valence-electron chi connectivity index (χ0n) is 12.9. The van der Waals surface area contributed by atoms with Gasteiger partial charge in [0.2, 0.25) is 0 Å². The molecule has 1 aromatic carbocycles. The van der Waals surface area contributed by atoms with E-state index in [9.17, 15) is 9.90 Å². The summed E-state index contributed by atoms with van der Waals surface area (Å²) in [5, 5.41) is 10.2. The van der Waals surface area contributed by atoms with E-state index in [1.807, 2.05) is 24.3 Å². The van der Waals surface area contributed by atoms with Gasteiger partial charge in [0, 0.05) is 36.4 Å². The monoisotopic (exact) mass is 324 g/mol. The number of nitrogens with zero attached hydrogens (tertiary/aromatic N) is 4. The van der Waals surface area contributed by atoms with Crippen LogP contribution in [0.4, 0.5) is 10.6 Å². The maximum atomic E-state index is 11.5. The molecule has 0 spiro atoms. The van der Waals surface area contributed by atoms with Crippen LogP contribution in [0.3, 0.4) is 0 Å². The molecule has 0 unspecified atom stereocenters. The van der Waals surface area contributed by atoms with E-state index in [2.05, 4.69) is 14.9 Å². The summed E-state index contributed by atoms with van der Waals surface area (Å²) in [6, 6.07) is 9.22. The van der Waals surface area contributed by atoms with Gasteiger partial charge in [-0.25, -0.2) is 14.8 Å². The number of rotatable bonds is 2. The number of aromatic nitrogens is 3. The molecular weight excluding hydrogens is 308 g/mol. The van der Waals surface area contributed by atoms with Crippen LogP contribution in [0, 0.1) is 0 Å². The summed E-state index contributed by atoms with van der Waals surface area (Å²) in [7, 11) is 0. The molecule has 0 bridgehead atoms. The summed E-state index contributed by atoms with van der Waals surface area (Å²) in [5.74, 6) is 1.35. The Bertz CT molecular complexity index is 900. The van der Waals surface area contributed by atoms with Crippen LogP contribution in [0.2, 0.25) is 0 Å². The van der Waals surface area contributed by atoms with Crippen LogP contribution in [0.5, 0.6) is 0 Å². The Morgan fingerprint density at radius 3 is 2.75 bits per heavy atom. The summed E-state index contributed by atoms with van der Waals surface area (Å²) < 4.78 is 6.57. The lowest BCUT2D eigenvalue weighted by Gasteiger charge is -2.27. The van der Waals surface area contributed by atoms with Crippen LogP contribution in [0.25, 0.3) is 22.3 Å². The lowest BCUT2D eigenvalue weighted by molar-refractivity contribution is 0.122. The van der Waals surface area contributed by atoms with Crippen molar-refractivity contribution in [2.24, 2.45) is 0 Å². The number of benzene rings is 1. The molecule has 0 amide bonds. The smallest absolute Gasteiger partial charge is 0.416 e. The van der Waals surface area contributed by atoms with Gasteiger partial charge in [0.1, 0.15) is 5.82 Å². The summed E-state index contributed by atoms with van der Waals surface area (Å²) in [5.41, 5.74) is 1.34. The van der Waals surface area contributed by atoms with Gasteiger partial charge in [0.25, 0.3) is 0 Å². The maximum Gasteiger partial charge on any atom is 0.416 e. The third kappa shape index (κ3) is 2.48. The number of carboxylic acid groups (broad SMARTS) is 1. The molecule has 0 saturated carbocycles. The van der Waals surface area contributed by atoms with E-state index in [1.54, 1.807) is 18.5 Å². The van der Waals surface area contributed by atoms with Crippen molar-refractivity contribution in [3.05, 3.63) is 42.7 Å². The van der Waals surface area contributed by atoms with Crippen LogP contribution in [-0.2, 0) is 4.74 Å². The second kappa shape index (κ2) is 5.93. The Hall–Kier alpha value is -2.93. The van der Waals surface area contributed by atoms with E-state index in [0.29, 0.717) is 30.1 Å². The van der Waals surface area contributed by atoms with Gasteiger partial charge in [-0.05, 0) is 12.1 Å². The lowest BCUT2D eigenvalue weighted by atomic mass is 10.1. The predicted molar refractivity (Wildman–Crippen MR) is 89.4 cm³/mol. The average molecular weight is 324 g/mol. The van der Waals surface area contributed by atoms with Gasteiger partial charge < -0.3 is 14.7 Å². The fourth-order valence-electron chi connectivity index (χ4n) is 2.96. The van der Waals surface area contributed by atoms with Crippen molar-refractivity contribution in [1.82, 2.24) is 14.5 Å². The van der Waals surface area contributed by atoms with Crippen molar-refractivity contribution < 1.29 is 14.6 Å². The molecule has 7 nitrogen and oxygen atoms in total. The van der Waals surface area contributed by atoms with Crippen LogP contribution in [0.1, 0.15) is 0 Å². The Balaban J connectivity index is 1.81. The number of hydrogen-bond acceptors (Lipinski definition) is 5. The number of carbonyl (C=O) groups is 1. The first-order valence-corrected chi connectivity index (χ1v) is 7.73. The van der Waals surface area contributed by atoms with Crippen molar-refractivity contribution in [1.29, 1.82) is 0 Å². The molecule has 1 aliphatic rings. The number of anilines is 1. The van der Waals surface area contributed by atoms with Gasteiger partial charge in [-0.3, -0.25) is 4.57 Å². The number of ether oxygens (including phenoxy) is 1. The highest BCUT2D eigenvalue weighted by molar-refractivity contribution is 5.99. The third-order valence-electron chi connectivity index (χ3n) is 4.13. The Labute approximate surface area is 138 Å². The molecule has 3 aromatic rings. The molecule has 1 N–H and O–H groups in total. The molecular formula is C17H16N4O3. The highest BCUT2D eigenvalue weighted by atomic mass is 16.5. The average Bonchev–Trinajstić information content (AvgIpc) is 3.03. The van der Waals surface area contributed by atoms with Gasteiger partial charge in [-0.2, -0.15) is 0 Å². The van der Waals surface area contributed by atoms with Crippen molar-refractivity contribution in [2.45, 2.75) is 0 Å². The minimum absolute atomic E-state index is 0.523. The minimum Gasteiger partial charge on any atom is -0.464 e. The second-order valence-corrected chi connectivity index (χ2v) is 5.55. The Morgan fingerprint density at radius 2 is 1.96 bits per heavy atom. The first kappa shape index (κ1) is 14.6. The first-order valence-electron chi connectivity index (χ1n) is 7.73. The van der Waals surface area contributed by atoms with Gasteiger partial charge in [-0.15, -0.1) is 0 Å². The summed E-state index contributed by atoms with van der Waals surface area (Å²) in [6.07, 6.45) is 2.26. The van der Waals surface area contributed by atoms with Crippen LogP contribution in [-0.4, -0.2) is 52.0 Å². The molecule has 7 heteroatoms. The largest absolute Gasteiger partial charge is 0.464 e. The molecule has 24 heavy (non-hydrogen) atoms. The first-order chi connectivity index (χ1) is 11.7. The molecule has 0 radical (unpaired) electrons. The molecule has 1 saturated heterocycles. The molecule has 1 aliphatic heterocycles. The van der Waals surface area contributed by atoms with Crippen molar-refractivity contribution >= 4 is 22.8 Å². The van der Waals surface area contributed by atoms with Crippen LogP contribution in [0.15, 0.2) is 42.7 Å². The molecule has 0 aliphatic carbocycles. The molecule has 1 fully saturated rings. The Kier molecular flexibility index (Phi) is 3.62. The SMILES string of the molecule is O=C(O)n1cc(-c2nccc(N3CCOCC3)n2)c2ccccc21. The van der Waals surface area contributed by atoms with Crippen molar-refractivity contribution in [3.63, 3.8) is 0 Å². The number of fused-ring (bicyclic) bond motifs is 1. The summed E-state index contributed by atoms with van der Waals surface area (Å²) >= 11 is 0. The van der Waals surface area contributed by atoms with E-state index in [-0.39, 0.29) is 0 Å². The van der Waals surface area contributed by atoms with E-state index >= 15 is 0 Å². The second-order valence-electron chi connectivity index (χ2n) is 5.55. The fraction of sp³-hybridized carbons (Fsp3) is 0.235. The van der Waals surface area contributed by atoms with Gasteiger partial charge in [0.05, 0.1) is 18.7 Å². The normalized spacial score (nSPS) is 14.9. The quantitative estimate of drug-likeness (QED) is 0.780. The van der Waals surface area contributed by atoms with E-state index in [4.69, 9.17) is 4.74 Å². The van der Waals surface area contributed by atoms with Gasteiger partial charge >= 0.3 is 6.09 Å². The van der Waals surface area contributed by atoms with Crippen molar-refractivity contribution in [3.8, 4) is 11.4 Å². The van der Waals surface area contributed by atoms with E-state index < -0.39 is 6.09 Å². The Morgan fingerprint density at radius 1 is 1.17 bits per heavy atom. The van der Waals surface area contributed by atoms with Crippen molar-refractivity contribution in [2.75, 3.05) is 31.2 Å². The third-order valence-corrected chi connectivity index (χ3v) is 4.13. The molecule has 2 aromatic heterocycles. The number of para-hydroxylation sites is 1. The highest BCUT2D eigenvalue weighted by Gasteiger charge is 2.18. The molecule has 3 heterocycles. The summed E-state index contributed by atoms with van der Waals surface area (Å²) in [6.45, 7) is 2.93. The number of morpholine rings is 1. The lowest BCUT2D eigenvalue weighted by Crippen LogP contribution is -2.36. The van der Waals surface area contributed by atoms with Gasteiger partial charge in [-0.1, -0.05) is 18.2 Å². The summed E-state index contributed by atoms with van der Waals surface area (Å²) in [4.78, 5) is 22.6.